The van der Waals surface area contributed by atoms with E-state index in [0.29, 0.717) is 30.6 Å². The molecule has 2 heterocycles. The fraction of sp³-hybridized carbons (Fsp3) is 0.421. The maximum atomic E-state index is 12.7. The Balaban J connectivity index is 1.85. The van der Waals surface area contributed by atoms with E-state index in [9.17, 15) is 23.2 Å². The van der Waals surface area contributed by atoms with Gasteiger partial charge in [-0.05, 0) is 36.6 Å². The van der Waals surface area contributed by atoms with E-state index >= 15 is 0 Å². The molecule has 1 aromatic carbocycles. The molecule has 0 unspecified atom stereocenters. The summed E-state index contributed by atoms with van der Waals surface area (Å²) in [7, 11) is 0. The Bertz CT molecular complexity index is 924. The van der Waals surface area contributed by atoms with E-state index in [1.165, 1.54) is 0 Å². The molecule has 6 nitrogen and oxygen atoms in total. The molecule has 3 atom stereocenters. The van der Waals surface area contributed by atoms with Gasteiger partial charge in [-0.2, -0.15) is 18.4 Å². The number of nitrogens with two attached hydrogens (primary N) is 1. The molecule has 1 aliphatic rings. The summed E-state index contributed by atoms with van der Waals surface area (Å²) < 4.78 is 38.1. The number of nitriles is 1. The number of rotatable bonds is 3. The van der Waals surface area contributed by atoms with Crippen molar-refractivity contribution in [1.29, 1.82) is 5.26 Å². The molecule has 1 fully saturated rings. The Morgan fingerprint density at radius 3 is 2.82 bits per heavy atom. The van der Waals surface area contributed by atoms with Gasteiger partial charge in [-0.15, -0.1) is 0 Å². The molecule has 28 heavy (non-hydrogen) atoms. The first-order chi connectivity index (χ1) is 13.2. The van der Waals surface area contributed by atoms with Gasteiger partial charge in [0.1, 0.15) is 6.07 Å². The number of halogens is 3. The van der Waals surface area contributed by atoms with Crippen LogP contribution in [0.5, 0.6) is 0 Å². The van der Waals surface area contributed by atoms with Gasteiger partial charge < -0.3 is 16.0 Å². The lowest BCUT2D eigenvalue weighted by Crippen LogP contribution is -2.57. The van der Waals surface area contributed by atoms with Crippen molar-refractivity contribution < 1.29 is 18.0 Å². The lowest BCUT2D eigenvalue weighted by molar-refractivity contribution is -0.163. The highest BCUT2D eigenvalue weighted by Crippen LogP contribution is 2.31. The van der Waals surface area contributed by atoms with Gasteiger partial charge in [-0.3, -0.25) is 9.78 Å². The van der Waals surface area contributed by atoms with Crippen LogP contribution in [0.4, 0.5) is 18.9 Å². The van der Waals surface area contributed by atoms with Crippen LogP contribution in [-0.2, 0) is 4.79 Å². The van der Waals surface area contributed by atoms with E-state index in [0.717, 1.165) is 11.1 Å². The smallest absolute Gasteiger partial charge is 0.369 e. The largest absolute Gasteiger partial charge is 0.412 e. The maximum absolute atomic E-state index is 12.7. The molecule has 1 amide bonds. The standard InChI is InChI=1S/C19H20F3N5O/c1-11-7-13(26-18(28)17(24)19(20,21)22)10-27(9-11)15-5-4-12(8-23)16-14(15)3-2-6-25-16/h2-6,11,13,17H,7,9-10,24H2,1H3,(H,26,28)/t11-,13+,17-/m0/s1. The molecule has 0 bridgehead atoms. The van der Waals surface area contributed by atoms with E-state index in [1.54, 1.807) is 24.4 Å². The van der Waals surface area contributed by atoms with Gasteiger partial charge in [-0.1, -0.05) is 6.92 Å². The van der Waals surface area contributed by atoms with Crippen LogP contribution in [0.1, 0.15) is 18.9 Å². The molecule has 148 valence electrons. The van der Waals surface area contributed by atoms with Gasteiger partial charge in [0.15, 0.2) is 6.04 Å². The second-order valence-electron chi connectivity index (χ2n) is 7.11. The van der Waals surface area contributed by atoms with Crippen molar-refractivity contribution in [2.45, 2.75) is 31.6 Å². The second-order valence-corrected chi connectivity index (χ2v) is 7.11. The molecule has 1 saturated heterocycles. The molecular weight excluding hydrogens is 371 g/mol. The highest BCUT2D eigenvalue weighted by atomic mass is 19.4. The lowest BCUT2D eigenvalue weighted by Gasteiger charge is -2.39. The van der Waals surface area contributed by atoms with Crippen molar-refractivity contribution in [1.82, 2.24) is 10.3 Å². The van der Waals surface area contributed by atoms with Crippen LogP contribution in [0, 0.1) is 17.2 Å². The van der Waals surface area contributed by atoms with Gasteiger partial charge in [0, 0.05) is 36.4 Å². The number of fused-ring (bicyclic) bond motifs is 1. The van der Waals surface area contributed by atoms with Crippen LogP contribution in [0.25, 0.3) is 10.9 Å². The first-order valence-electron chi connectivity index (χ1n) is 8.86. The second kappa shape index (κ2) is 7.64. The summed E-state index contributed by atoms with van der Waals surface area (Å²) in [4.78, 5) is 18.2. The summed E-state index contributed by atoms with van der Waals surface area (Å²) in [5.74, 6) is -1.08. The molecular formula is C19H20F3N5O. The summed E-state index contributed by atoms with van der Waals surface area (Å²) in [6, 6.07) is 6.20. The highest BCUT2D eigenvalue weighted by molar-refractivity contribution is 5.95. The van der Waals surface area contributed by atoms with Crippen LogP contribution in [0.2, 0.25) is 0 Å². The van der Waals surface area contributed by atoms with Crippen molar-refractivity contribution >= 4 is 22.5 Å². The Hall–Kier alpha value is -2.86. The molecule has 1 aromatic heterocycles. The molecule has 0 saturated carbocycles. The third-order valence-corrected chi connectivity index (χ3v) is 4.85. The fourth-order valence-corrected chi connectivity index (χ4v) is 3.62. The number of benzene rings is 1. The number of aromatic nitrogens is 1. The van der Waals surface area contributed by atoms with Crippen LogP contribution in [0.15, 0.2) is 30.5 Å². The Morgan fingerprint density at radius 2 is 2.14 bits per heavy atom. The molecule has 0 aliphatic carbocycles. The number of carbonyl (C=O) groups is 1. The summed E-state index contributed by atoms with van der Waals surface area (Å²) in [6.07, 6.45) is -2.62. The first-order valence-corrected chi connectivity index (χ1v) is 8.86. The summed E-state index contributed by atoms with van der Waals surface area (Å²) in [6.45, 7) is 2.99. The van der Waals surface area contributed by atoms with Gasteiger partial charge >= 0.3 is 6.18 Å². The predicted octanol–water partition coefficient (Wildman–Crippen LogP) is 2.33. The van der Waals surface area contributed by atoms with E-state index in [4.69, 9.17) is 5.73 Å². The van der Waals surface area contributed by atoms with E-state index in [1.807, 2.05) is 17.9 Å². The molecule has 9 heteroatoms. The average Bonchev–Trinajstić information content (AvgIpc) is 2.65. The van der Waals surface area contributed by atoms with Gasteiger partial charge in [0.25, 0.3) is 0 Å². The monoisotopic (exact) mass is 391 g/mol. The van der Waals surface area contributed by atoms with E-state index < -0.39 is 24.2 Å². The van der Waals surface area contributed by atoms with E-state index in [-0.39, 0.29) is 5.92 Å². The zero-order valence-electron chi connectivity index (χ0n) is 15.2. The van der Waals surface area contributed by atoms with Gasteiger partial charge in [-0.25, -0.2) is 0 Å². The number of nitrogens with one attached hydrogen (secondary N) is 1. The molecule has 0 spiro atoms. The number of nitrogens with zero attached hydrogens (tertiary/aromatic N) is 3. The Labute approximate surface area is 160 Å². The number of anilines is 1. The third kappa shape index (κ3) is 4.02. The number of hydrogen-bond donors (Lipinski definition) is 2. The number of alkyl halides is 3. The van der Waals surface area contributed by atoms with Crippen LogP contribution >= 0.6 is 0 Å². The average molecular weight is 391 g/mol. The zero-order chi connectivity index (χ0) is 20.5. The first kappa shape index (κ1) is 19.9. The van der Waals surface area contributed by atoms with Crippen molar-refractivity contribution in [3.8, 4) is 6.07 Å². The fourth-order valence-electron chi connectivity index (χ4n) is 3.62. The third-order valence-electron chi connectivity index (χ3n) is 4.85. The quantitative estimate of drug-likeness (QED) is 0.837. The maximum Gasteiger partial charge on any atom is 0.412 e. The number of carbonyl (C=O) groups excluding carboxylic acids is 1. The van der Waals surface area contributed by atoms with Crippen LogP contribution in [0.3, 0.4) is 0 Å². The Morgan fingerprint density at radius 1 is 1.39 bits per heavy atom. The van der Waals surface area contributed by atoms with Crippen molar-refractivity contribution in [2.75, 3.05) is 18.0 Å². The number of hydrogen-bond acceptors (Lipinski definition) is 5. The predicted molar refractivity (Wildman–Crippen MR) is 98.4 cm³/mol. The molecule has 2 aromatic rings. The molecule has 1 aliphatic heterocycles. The number of piperidine rings is 1. The highest BCUT2D eigenvalue weighted by Gasteiger charge is 2.43. The molecule has 3 rings (SSSR count). The molecule has 0 radical (unpaired) electrons. The van der Waals surface area contributed by atoms with Gasteiger partial charge in [0.05, 0.1) is 11.1 Å². The minimum Gasteiger partial charge on any atom is -0.369 e. The molecule has 3 N–H and O–H groups in total. The van der Waals surface area contributed by atoms with Crippen LogP contribution in [-0.4, -0.2) is 42.2 Å². The number of amides is 1. The lowest BCUT2D eigenvalue weighted by atomic mass is 9.94. The van der Waals surface area contributed by atoms with Crippen molar-refractivity contribution in [3.63, 3.8) is 0 Å². The minimum absolute atomic E-state index is 0.142. The summed E-state index contributed by atoms with van der Waals surface area (Å²) >= 11 is 0. The summed E-state index contributed by atoms with van der Waals surface area (Å²) in [5.41, 5.74) is 6.85. The SMILES string of the molecule is C[C@H]1C[C@@H](NC(=O)[C@H](N)C(F)(F)F)CN(c2ccc(C#N)c3ncccc23)C1. The topological polar surface area (TPSA) is 95.0 Å². The number of pyridine rings is 1. The Kier molecular flexibility index (Phi) is 5.42. The summed E-state index contributed by atoms with van der Waals surface area (Å²) in [5, 5.41) is 12.5. The van der Waals surface area contributed by atoms with E-state index in [2.05, 4.69) is 16.4 Å². The normalized spacial score (nSPS) is 21.2. The van der Waals surface area contributed by atoms with Gasteiger partial charge in [0.2, 0.25) is 5.91 Å². The zero-order valence-corrected chi connectivity index (χ0v) is 15.2. The minimum atomic E-state index is -4.78. The van der Waals surface area contributed by atoms with Crippen LogP contribution < -0.4 is 16.0 Å². The van der Waals surface area contributed by atoms with Crippen molar-refractivity contribution in [2.24, 2.45) is 11.7 Å². The van der Waals surface area contributed by atoms with Crippen molar-refractivity contribution in [3.05, 3.63) is 36.0 Å².